The number of hydrogen-bond acceptors (Lipinski definition) is 7. The molecule has 0 radical (unpaired) electrons. The van der Waals surface area contributed by atoms with E-state index in [0.29, 0.717) is 48.8 Å². The Morgan fingerprint density at radius 2 is 1.87 bits per heavy atom. The largest absolute Gasteiger partial charge is 0.459 e. The maximum atomic E-state index is 15.0. The number of anilines is 1. The lowest BCUT2D eigenvalue weighted by Gasteiger charge is -2.32. The van der Waals surface area contributed by atoms with Gasteiger partial charge in [0.1, 0.15) is 11.9 Å². The van der Waals surface area contributed by atoms with Crippen molar-refractivity contribution in [1.82, 2.24) is 15.2 Å². The number of benzene rings is 2. The Hall–Kier alpha value is -4.67. The van der Waals surface area contributed by atoms with Crippen molar-refractivity contribution in [2.24, 2.45) is 5.10 Å². The topological polar surface area (TPSA) is 108 Å². The van der Waals surface area contributed by atoms with Crippen LogP contribution in [0.1, 0.15) is 23.0 Å². The smallest absolute Gasteiger partial charge is 0.414 e. The van der Waals surface area contributed by atoms with Gasteiger partial charge in [-0.25, -0.2) is 9.18 Å². The summed E-state index contributed by atoms with van der Waals surface area (Å²) in [7, 11) is 0. The first-order chi connectivity index (χ1) is 18.9. The Labute approximate surface area is 224 Å². The van der Waals surface area contributed by atoms with Gasteiger partial charge >= 0.3 is 6.09 Å². The third-order valence-corrected chi connectivity index (χ3v) is 6.58. The van der Waals surface area contributed by atoms with Crippen molar-refractivity contribution in [2.45, 2.75) is 13.0 Å². The highest BCUT2D eigenvalue weighted by molar-refractivity contribution is 5.91. The first kappa shape index (κ1) is 26.0. The summed E-state index contributed by atoms with van der Waals surface area (Å²) in [6.07, 6.45) is 2.16. The fourth-order valence-electron chi connectivity index (χ4n) is 4.47. The molecule has 0 bridgehead atoms. The number of piperazine rings is 1. The molecule has 1 N–H and O–H groups in total. The van der Waals surface area contributed by atoms with Crippen LogP contribution >= 0.6 is 0 Å². The van der Waals surface area contributed by atoms with Gasteiger partial charge in [-0.2, -0.15) is 5.10 Å². The number of carbonyl (C=O) groups is 3. The first-order valence-electron chi connectivity index (χ1n) is 12.6. The second-order valence-electron chi connectivity index (χ2n) is 9.31. The number of amides is 3. The fraction of sp³-hybridized carbons (Fsp3) is 0.286. The van der Waals surface area contributed by atoms with E-state index in [9.17, 15) is 14.4 Å². The van der Waals surface area contributed by atoms with Gasteiger partial charge in [-0.3, -0.25) is 19.5 Å². The zero-order valence-corrected chi connectivity index (χ0v) is 21.4. The number of ether oxygens (including phenoxy) is 1. The van der Waals surface area contributed by atoms with E-state index in [2.05, 4.69) is 10.4 Å². The van der Waals surface area contributed by atoms with Crippen LogP contribution in [0.3, 0.4) is 0 Å². The Kier molecular flexibility index (Phi) is 7.57. The summed E-state index contributed by atoms with van der Waals surface area (Å²) in [6, 6.07) is 15.3. The van der Waals surface area contributed by atoms with Crippen LogP contribution in [0.5, 0.6) is 0 Å². The van der Waals surface area contributed by atoms with Crippen molar-refractivity contribution in [3.63, 3.8) is 0 Å². The normalized spacial score (nSPS) is 17.5. The van der Waals surface area contributed by atoms with E-state index in [4.69, 9.17) is 9.15 Å². The SMILES string of the molecule is CC(=O)NC[C@H]1CN(c2ccc(-c3ccc(C=NN4CCN(C(=O)c5ccco5)CC4)cc3)c(F)c2)C(=O)O1. The van der Waals surface area contributed by atoms with Gasteiger partial charge in [-0.05, 0) is 41.5 Å². The molecule has 2 saturated heterocycles. The van der Waals surface area contributed by atoms with Crippen LogP contribution < -0.4 is 10.2 Å². The molecule has 0 saturated carbocycles. The van der Waals surface area contributed by atoms with Gasteiger partial charge in [0.15, 0.2) is 5.76 Å². The molecule has 5 rings (SSSR count). The summed E-state index contributed by atoms with van der Waals surface area (Å²) in [5, 5.41) is 9.05. The number of halogens is 1. The standard InChI is InChI=1S/C28H28FN5O5/c1-19(35)30-17-23-18-34(28(37)39-23)22-8-9-24(25(29)15-22)21-6-4-20(5-7-21)16-31-33-12-10-32(11-13-33)27(36)26-3-2-14-38-26/h2-9,14-16,23H,10-13,17-18H2,1H3,(H,30,35)/t23-/m0/s1. The number of nitrogens with zero attached hydrogens (tertiary/aromatic N) is 4. The van der Waals surface area contributed by atoms with Gasteiger partial charge in [-0.15, -0.1) is 0 Å². The average molecular weight is 534 g/mol. The summed E-state index contributed by atoms with van der Waals surface area (Å²) in [6.45, 7) is 4.14. The number of carbonyl (C=O) groups excluding carboxylic acids is 3. The van der Waals surface area contributed by atoms with E-state index >= 15 is 4.39 Å². The second kappa shape index (κ2) is 11.4. The lowest BCUT2D eigenvalue weighted by molar-refractivity contribution is -0.119. The van der Waals surface area contributed by atoms with Crippen molar-refractivity contribution in [1.29, 1.82) is 0 Å². The van der Waals surface area contributed by atoms with E-state index < -0.39 is 18.0 Å². The van der Waals surface area contributed by atoms with Crippen LogP contribution in [-0.4, -0.2) is 79.4 Å². The van der Waals surface area contributed by atoms with Crippen molar-refractivity contribution in [3.05, 3.63) is 78.0 Å². The molecule has 10 nitrogen and oxygen atoms in total. The van der Waals surface area contributed by atoms with Gasteiger partial charge in [0.05, 0.1) is 44.3 Å². The van der Waals surface area contributed by atoms with Crippen molar-refractivity contribution >= 4 is 29.8 Å². The molecule has 0 unspecified atom stereocenters. The molecule has 1 atom stereocenters. The summed E-state index contributed by atoms with van der Waals surface area (Å²) in [5.41, 5.74) is 2.34. The summed E-state index contributed by atoms with van der Waals surface area (Å²) < 4.78 is 25.5. The highest BCUT2D eigenvalue weighted by atomic mass is 19.1. The summed E-state index contributed by atoms with van der Waals surface area (Å²) in [5.74, 6) is -0.459. The fourth-order valence-corrected chi connectivity index (χ4v) is 4.47. The number of furan rings is 1. The summed E-state index contributed by atoms with van der Waals surface area (Å²) in [4.78, 5) is 38.8. The predicted octanol–water partition coefficient (Wildman–Crippen LogP) is 3.34. The Bertz CT molecular complexity index is 1370. The van der Waals surface area contributed by atoms with Crippen LogP contribution in [0.4, 0.5) is 14.9 Å². The van der Waals surface area contributed by atoms with Gasteiger partial charge in [0.25, 0.3) is 5.91 Å². The Morgan fingerprint density at radius 1 is 1.10 bits per heavy atom. The number of hydrazone groups is 1. The maximum absolute atomic E-state index is 15.0. The molecule has 11 heteroatoms. The molecule has 2 aliphatic rings. The molecule has 2 aliphatic heterocycles. The zero-order chi connectivity index (χ0) is 27.4. The molecule has 3 aromatic rings. The van der Waals surface area contributed by atoms with Crippen LogP contribution in [-0.2, 0) is 9.53 Å². The third kappa shape index (κ3) is 6.08. The van der Waals surface area contributed by atoms with Crippen molar-refractivity contribution in [3.8, 4) is 11.1 Å². The van der Waals surface area contributed by atoms with E-state index in [1.807, 2.05) is 29.3 Å². The van der Waals surface area contributed by atoms with Gasteiger partial charge in [0, 0.05) is 25.6 Å². The molecule has 0 spiro atoms. The lowest BCUT2D eigenvalue weighted by atomic mass is 10.0. The van der Waals surface area contributed by atoms with Crippen LogP contribution in [0.25, 0.3) is 11.1 Å². The molecule has 202 valence electrons. The molecule has 39 heavy (non-hydrogen) atoms. The zero-order valence-electron chi connectivity index (χ0n) is 21.4. The highest BCUT2D eigenvalue weighted by Gasteiger charge is 2.32. The molecule has 2 fully saturated rings. The Balaban J connectivity index is 1.17. The van der Waals surface area contributed by atoms with Gasteiger partial charge in [0.2, 0.25) is 5.91 Å². The van der Waals surface area contributed by atoms with Gasteiger partial charge in [-0.1, -0.05) is 24.3 Å². The van der Waals surface area contributed by atoms with Crippen LogP contribution in [0.15, 0.2) is 70.4 Å². The van der Waals surface area contributed by atoms with E-state index in [0.717, 1.165) is 5.56 Å². The first-order valence-corrected chi connectivity index (χ1v) is 12.6. The molecule has 1 aromatic heterocycles. The van der Waals surface area contributed by atoms with Crippen LogP contribution in [0, 0.1) is 5.82 Å². The quantitative estimate of drug-likeness (QED) is 0.467. The number of hydrogen-bond donors (Lipinski definition) is 1. The second-order valence-corrected chi connectivity index (χ2v) is 9.31. The summed E-state index contributed by atoms with van der Waals surface area (Å²) >= 11 is 0. The van der Waals surface area contributed by atoms with E-state index in [-0.39, 0.29) is 24.9 Å². The van der Waals surface area contributed by atoms with E-state index in [1.165, 1.54) is 24.2 Å². The predicted molar refractivity (Wildman–Crippen MR) is 142 cm³/mol. The molecular weight excluding hydrogens is 505 g/mol. The molecule has 0 aliphatic carbocycles. The Morgan fingerprint density at radius 3 is 2.54 bits per heavy atom. The number of rotatable bonds is 7. The molecule has 3 heterocycles. The minimum Gasteiger partial charge on any atom is -0.459 e. The molecule has 2 aromatic carbocycles. The minimum atomic E-state index is -0.577. The highest BCUT2D eigenvalue weighted by Crippen LogP contribution is 2.29. The number of cyclic esters (lactones) is 1. The van der Waals surface area contributed by atoms with Crippen LogP contribution in [0.2, 0.25) is 0 Å². The lowest BCUT2D eigenvalue weighted by Crippen LogP contribution is -2.46. The van der Waals surface area contributed by atoms with Crippen molar-refractivity contribution < 1.29 is 27.9 Å². The van der Waals surface area contributed by atoms with Gasteiger partial charge < -0.3 is 19.4 Å². The maximum Gasteiger partial charge on any atom is 0.414 e. The molecular formula is C28H28FN5O5. The van der Waals surface area contributed by atoms with Crippen molar-refractivity contribution in [2.75, 3.05) is 44.2 Å². The average Bonchev–Trinajstić information content (AvgIpc) is 3.61. The number of nitrogens with one attached hydrogen (secondary N) is 1. The molecule has 3 amide bonds. The monoisotopic (exact) mass is 533 g/mol. The minimum absolute atomic E-state index is 0.119. The third-order valence-electron chi connectivity index (χ3n) is 6.58. The van der Waals surface area contributed by atoms with E-state index in [1.54, 1.807) is 35.4 Å².